The van der Waals surface area contributed by atoms with Gasteiger partial charge in [-0.25, -0.2) is 13.2 Å². The maximum absolute atomic E-state index is 13.1. The Morgan fingerprint density at radius 1 is 0.900 bits per heavy atom. The van der Waals surface area contributed by atoms with Crippen LogP contribution in [0.1, 0.15) is 11.1 Å². The Hall–Kier alpha value is -1.33. The lowest BCUT2D eigenvalue weighted by Crippen LogP contribution is -2.25. The van der Waals surface area contributed by atoms with Crippen LogP contribution in [0.2, 0.25) is 0 Å². The molecule has 1 nitrogen and oxygen atoms in total. The molecule has 2 aromatic carbocycles. The first-order valence-corrected chi connectivity index (χ1v) is 6.88. The van der Waals surface area contributed by atoms with Crippen molar-refractivity contribution in [2.24, 2.45) is 5.73 Å². The Kier molecular flexibility index (Phi) is 4.83. The molecule has 0 aliphatic heterocycles. The quantitative estimate of drug-likeness (QED) is 0.892. The first-order valence-electron chi connectivity index (χ1n) is 6.08. The molecule has 0 saturated carbocycles. The molecule has 0 radical (unpaired) electrons. The third-order valence-corrected chi connectivity index (χ3v) is 3.51. The van der Waals surface area contributed by atoms with Crippen LogP contribution in [0, 0.1) is 17.5 Å². The normalized spacial score (nSPS) is 12.4. The molecule has 0 aromatic heterocycles. The fraction of sp³-hybridized carbons (Fsp3) is 0.200. The number of nitrogens with two attached hydrogens (primary N) is 1. The molecule has 2 aromatic rings. The summed E-state index contributed by atoms with van der Waals surface area (Å²) in [6.07, 6.45) is 0.848. The van der Waals surface area contributed by atoms with Gasteiger partial charge in [0, 0.05) is 12.1 Å². The fourth-order valence-electron chi connectivity index (χ4n) is 2.07. The SMILES string of the molecule is NC(Cc1cc(F)cc(F)c1)Cc1ccc(F)c(Br)c1. The summed E-state index contributed by atoms with van der Waals surface area (Å²) in [5, 5.41) is 0. The van der Waals surface area contributed by atoms with Gasteiger partial charge in [-0.15, -0.1) is 0 Å². The highest BCUT2D eigenvalue weighted by atomic mass is 79.9. The third-order valence-electron chi connectivity index (χ3n) is 2.90. The van der Waals surface area contributed by atoms with Crippen molar-refractivity contribution >= 4 is 15.9 Å². The van der Waals surface area contributed by atoms with E-state index in [0.29, 0.717) is 22.9 Å². The Morgan fingerprint density at radius 3 is 2.10 bits per heavy atom. The van der Waals surface area contributed by atoms with Gasteiger partial charge in [0.25, 0.3) is 0 Å². The van der Waals surface area contributed by atoms with Gasteiger partial charge in [0.15, 0.2) is 0 Å². The molecule has 0 amide bonds. The van der Waals surface area contributed by atoms with Crippen molar-refractivity contribution in [3.05, 3.63) is 69.4 Å². The van der Waals surface area contributed by atoms with Crippen LogP contribution in [0.4, 0.5) is 13.2 Å². The van der Waals surface area contributed by atoms with E-state index in [0.717, 1.165) is 11.6 Å². The van der Waals surface area contributed by atoms with Crippen LogP contribution in [-0.2, 0) is 12.8 Å². The van der Waals surface area contributed by atoms with Crippen LogP contribution < -0.4 is 5.73 Å². The van der Waals surface area contributed by atoms with Gasteiger partial charge in [0.1, 0.15) is 17.5 Å². The zero-order chi connectivity index (χ0) is 14.7. The molecule has 0 aliphatic carbocycles. The molecule has 1 atom stereocenters. The molecule has 20 heavy (non-hydrogen) atoms. The summed E-state index contributed by atoms with van der Waals surface area (Å²) in [5.41, 5.74) is 7.35. The van der Waals surface area contributed by atoms with Gasteiger partial charge in [0.2, 0.25) is 0 Å². The predicted molar refractivity (Wildman–Crippen MR) is 75.8 cm³/mol. The minimum Gasteiger partial charge on any atom is -0.327 e. The smallest absolute Gasteiger partial charge is 0.137 e. The minimum absolute atomic E-state index is 0.298. The highest BCUT2D eigenvalue weighted by molar-refractivity contribution is 9.10. The van der Waals surface area contributed by atoms with Gasteiger partial charge < -0.3 is 5.73 Å². The van der Waals surface area contributed by atoms with E-state index in [2.05, 4.69) is 15.9 Å². The van der Waals surface area contributed by atoms with Crippen molar-refractivity contribution in [2.75, 3.05) is 0 Å². The zero-order valence-electron chi connectivity index (χ0n) is 10.5. The van der Waals surface area contributed by atoms with Crippen molar-refractivity contribution in [3.63, 3.8) is 0 Å². The lowest BCUT2D eigenvalue weighted by molar-refractivity contribution is 0.574. The molecular formula is C15H13BrF3N. The Labute approximate surface area is 123 Å². The number of hydrogen-bond acceptors (Lipinski definition) is 1. The summed E-state index contributed by atoms with van der Waals surface area (Å²) in [6.45, 7) is 0. The molecule has 0 saturated heterocycles. The van der Waals surface area contributed by atoms with Crippen LogP contribution in [-0.4, -0.2) is 6.04 Å². The summed E-state index contributed by atoms with van der Waals surface area (Å²) in [4.78, 5) is 0. The van der Waals surface area contributed by atoms with Crippen LogP contribution in [0.5, 0.6) is 0 Å². The number of hydrogen-bond donors (Lipinski definition) is 1. The van der Waals surface area contributed by atoms with Crippen molar-refractivity contribution in [3.8, 4) is 0 Å². The minimum atomic E-state index is -0.614. The highest BCUT2D eigenvalue weighted by Gasteiger charge is 2.09. The standard InChI is InChI=1S/C15H13BrF3N/c16-14-7-9(1-2-15(14)19)5-13(20)6-10-3-11(17)8-12(18)4-10/h1-4,7-8,13H,5-6,20H2. The summed E-state index contributed by atoms with van der Waals surface area (Å²) in [7, 11) is 0. The molecule has 1 unspecified atom stereocenters. The lowest BCUT2D eigenvalue weighted by atomic mass is 9.99. The molecule has 2 N–H and O–H groups in total. The molecule has 0 spiro atoms. The number of rotatable bonds is 4. The first kappa shape index (κ1) is 15.1. The van der Waals surface area contributed by atoms with Gasteiger partial charge in [0.05, 0.1) is 4.47 Å². The molecule has 0 heterocycles. The van der Waals surface area contributed by atoms with Crippen LogP contribution in [0.3, 0.4) is 0 Å². The van der Waals surface area contributed by atoms with Crippen LogP contribution >= 0.6 is 15.9 Å². The van der Waals surface area contributed by atoms with E-state index in [4.69, 9.17) is 5.73 Å². The van der Waals surface area contributed by atoms with Crippen molar-refractivity contribution in [2.45, 2.75) is 18.9 Å². The Balaban J connectivity index is 2.04. The lowest BCUT2D eigenvalue weighted by Gasteiger charge is -2.12. The summed E-state index contributed by atoms with van der Waals surface area (Å²) in [6, 6.07) is 7.72. The molecule has 0 bridgehead atoms. The maximum atomic E-state index is 13.1. The molecule has 0 fully saturated rings. The highest BCUT2D eigenvalue weighted by Crippen LogP contribution is 2.18. The monoisotopic (exact) mass is 343 g/mol. The van der Waals surface area contributed by atoms with Crippen LogP contribution in [0.25, 0.3) is 0 Å². The summed E-state index contributed by atoms with van der Waals surface area (Å²) < 4.78 is 39.6. The number of halogens is 4. The second-order valence-corrected chi connectivity index (χ2v) is 5.55. The van der Waals surface area contributed by atoms with Crippen LogP contribution in [0.15, 0.2) is 40.9 Å². The van der Waals surface area contributed by atoms with Gasteiger partial charge >= 0.3 is 0 Å². The molecule has 0 aliphatic rings. The average Bonchev–Trinajstić information content (AvgIpc) is 2.32. The van der Waals surface area contributed by atoms with Crippen molar-refractivity contribution in [1.82, 2.24) is 0 Å². The van der Waals surface area contributed by atoms with E-state index in [1.165, 1.54) is 18.2 Å². The molecular weight excluding hydrogens is 331 g/mol. The van der Waals surface area contributed by atoms with E-state index in [-0.39, 0.29) is 11.9 Å². The first-order chi connectivity index (χ1) is 9.44. The second-order valence-electron chi connectivity index (χ2n) is 4.69. The Morgan fingerprint density at radius 2 is 1.50 bits per heavy atom. The van der Waals surface area contributed by atoms with E-state index in [9.17, 15) is 13.2 Å². The molecule has 106 valence electrons. The summed E-state index contributed by atoms with van der Waals surface area (Å²) >= 11 is 3.11. The van der Waals surface area contributed by atoms with E-state index < -0.39 is 11.6 Å². The Bertz CT molecular complexity index is 596. The fourth-order valence-corrected chi connectivity index (χ4v) is 2.50. The summed E-state index contributed by atoms with van der Waals surface area (Å²) in [5.74, 6) is -1.57. The maximum Gasteiger partial charge on any atom is 0.137 e. The number of benzene rings is 2. The molecule has 5 heteroatoms. The predicted octanol–water partition coefficient (Wildman–Crippen LogP) is 3.98. The van der Waals surface area contributed by atoms with Crippen molar-refractivity contribution in [1.29, 1.82) is 0 Å². The molecule has 2 rings (SSSR count). The van der Waals surface area contributed by atoms with Gasteiger partial charge in [-0.3, -0.25) is 0 Å². The van der Waals surface area contributed by atoms with Crippen molar-refractivity contribution < 1.29 is 13.2 Å². The largest absolute Gasteiger partial charge is 0.327 e. The van der Waals surface area contributed by atoms with E-state index in [1.807, 2.05) is 0 Å². The zero-order valence-corrected chi connectivity index (χ0v) is 12.1. The second kappa shape index (κ2) is 6.41. The van der Waals surface area contributed by atoms with Gasteiger partial charge in [-0.2, -0.15) is 0 Å². The van der Waals surface area contributed by atoms with E-state index >= 15 is 0 Å². The van der Waals surface area contributed by atoms with Gasteiger partial charge in [-0.05, 0) is 64.2 Å². The van der Waals surface area contributed by atoms with E-state index in [1.54, 1.807) is 12.1 Å². The van der Waals surface area contributed by atoms with Gasteiger partial charge in [-0.1, -0.05) is 6.07 Å². The topological polar surface area (TPSA) is 26.0 Å². The average molecular weight is 344 g/mol. The third kappa shape index (κ3) is 4.08.